The molecule has 2 rings (SSSR count). The van der Waals surface area contributed by atoms with Crippen molar-refractivity contribution in [3.8, 4) is 0 Å². The second kappa shape index (κ2) is 9.97. The zero-order valence-electron chi connectivity index (χ0n) is 20.4. The second-order valence-electron chi connectivity index (χ2n) is 10.7. The lowest BCUT2D eigenvalue weighted by Crippen LogP contribution is -2.41. The predicted molar refractivity (Wildman–Crippen MR) is 133 cm³/mol. The van der Waals surface area contributed by atoms with Crippen LogP contribution in [0.2, 0.25) is 18.1 Å². The Bertz CT molecular complexity index is 916. The first-order valence-corrected chi connectivity index (χ1v) is 14.8. The average Bonchev–Trinajstić information content (AvgIpc) is 3.04. The Kier molecular flexibility index (Phi) is 8.28. The number of benzene rings is 1. The molecular weight excluding hydrogens is 424 g/mol. The van der Waals surface area contributed by atoms with E-state index in [0.717, 1.165) is 29.5 Å². The zero-order valence-corrected chi connectivity index (χ0v) is 22.2. The number of carbonyl (C=O) groups excluding carboxylic acids is 2. The zero-order chi connectivity index (χ0) is 23.4. The molecule has 0 fully saturated rings. The molecule has 0 aliphatic rings. The summed E-state index contributed by atoms with van der Waals surface area (Å²) >= 11 is 1.49. The van der Waals surface area contributed by atoms with Gasteiger partial charge < -0.3 is 9.16 Å². The van der Waals surface area contributed by atoms with Crippen molar-refractivity contribution in [3.63, 3.8) is 0 Å². The Morgan fingerprint density at radius 3 is 2.29 bits per heavy atom. The largest absolute Gasteiger partial charge is 0.460 e. The van der Waals surface area contributed by atoms with Crippen LogP contribution in [-0.2, 0) is 20.4 Å². The van der Waals surface area contributed by atoms with Gasteiger partial charge in [-0.3, -0.25) is 9.59 Å². The van der Waals surface area contributed by atoms with Crippen LogP contribution < -0.4 is 0 Å². The molecule has 172 valence electrons. The Hall–Kier alpha value is -1.50. The van der Waals surface area contributed by atoms with E-state index in [1.165, 1.54) is 16.9 Å². The number of rotatable bonds is 9. The number of thiophene rings is 1. The van der Waals surface area contributed by atoms with Crippen LogP contribution in [0.25, 0.3) is 10.1 Å². The number of ketones is 1. The fraction of sp³-hybridized carbons (Fsp3) is 0.600. The van der Waals surface area contributed by atoms with Crippen molar-refractivity contribution in [1.29, 1.82) is 0 Å². The Labute approximate surface area is 192 Å². The number of hydrogen-bond acceptors (Lipinski definition) is 5. The van der Waals surface area contributed by atoms with Crippen molar-refractivity contribution in [2.75, 3.05) is 6.61 Å². The summed E-state index contributed by atoms with van der Waals surface area (Å²) < 4.78 is 12.7. The number of Topliss-reactive ketones (excluding diaryl/α,β-unsaturated/α-hetero) is 1. The van der Waals surface area contributed by atoms with Gasteiger partial charge in [-0.1, -0.05) is 32.9 Å². The molecule has 0 amide bonds. The number of esters is 1. The molecule has 0 saturated heterocycles. The summed E-state index contributed by atoms with van der Waals surface area (Å²) in [6.07, 6.45) is 2.25. The van der Waals surface area contributed by atoms with E-state index < -0.39 is 13.9 Å². The van der Waals surface area contributed by atoms with E-state index in [-0.39, 0.29) is 29.6 Å². The molecule has 0 atom stereocenters. The van der Waals surface area contributed by atoms with Gasteiger partial charge in [0.15, 0.2) is 14.1 Å². The summed E-state index contributed by atoms with van der Waals surface area (Å²) in [4.78, 5) is 25.1. The van der Waals surface area contributed by atoms with E-state index in [1.807, 2.05) is 26.8 Å². The first-order chi connectivity index (χ1) is 14.2. The highest BCUT2D eigenvalue weighted by Crippen LogP contribution is 2.36. The third-order valence-corrected chi connectivity index (χ3v) is 11.4. The second-order valence-corrected chi connectivity index (χ2v) is 16.6. The summed E-state index contributed by atoms with van der Waals surface area (Å²) in [6.45, 7) is 17.6. The van der Waals surface area contributed by atoms with Crippen molar-refractivity contribution in [3.05, 3.63) is 34.7 Å². The van der Waals surface area contributed by atoms with Crippen LogP contribution in [0.5, 0.6) is 0 Å². The fourth-order valence-corrected chi connectivity index (χ4v) is 5.04. The molecular formula is C25H38O4SSi. The molecule has 0 radical (unpaired) electrons. The summed E-state index contributed by atoms with van der Waals surface area (Å²) in [5.41, 5.74) is 0.737. The lowest BCUT2D eigenvalue weighted by atomic mass is 10.1. The summed E-state index contributed by atoms with van der Waals surface area (Å²) in [6, 6.07) is 8.35. The highest BCUT2D eigenvalue weighted by Gasteiger charge is 2.36. The number of aryl methyl sites for hydroxylation is 1. The average molecular weight is 463 g/mol. The van der Waals surface area contributed by atoms with Crippen LogP contribution in [0, 0.1) is 0 Å². The van der Waals surface area contributed by atoms with E-state index in [9.17, 15) is 9.59 Å². The topological polar surface area (TPSA) is 52.6 Å². The van der Waals surface area contributed by atoms with E-state index in [4.69, 9.17) is 9.16 Å². The molecule has 0 saturated carbocycles. The van der Waals surface area contributed by atoms with E-state index in [0.29, 0.717) is 4.88 Å². The van der Waals surface area contributed by atoms with Crippen LogP contribution >= 0.6 is 11.3 Å². The molecule has 1 heterocycles. The van der Waals surface area contributed by atoms with Crippen LogP contribution in [0.1, 0.15) is 76.0 Å². The first kappa shape index (κ1) is 25.8. The van der Waals surface area contributed by atoms with Gasteiger partial charge in [0.05, 0.1) is 11.3 Å². The molecule has 1 aromatic heterocycles. The molecule has 0 aliphatic heterocycles. The van der Waals surface area contributed by atoms with Crippen LogP contribution in [0.3, 0.4) is 0 Å². The number of carbonyl (C=O) groups is 2. The molecule has 0 spiro atoms. The van der Waals surface area contributed by atoms with Crippen LogP contribution in [0.15, 0.2) is 24.3 Å². The van der Waals surface area contributed by atoms with Gasteiger partial charge in [-0.2, -0.15) is 0 Å². The van der Waals surface area contributed by atoms with E-state index >= 15 is 0 Å². The molecule has 0 bridgehead atoms. The molecule has 1 aromatic carbocycles. The lowest BCUT2D eigenvalue weighted by Gasteiger charge is -2.36. The quantitative estimate of drug-likeness (QED) is 0.172. The van der Waals surface area contributed by atoms with E-state index in [2.05, 4.69) is 52.1 Å². The summed E-state index contributed by atoms with van der Waals surface area (Å²) in [5.74, 6) is -0.333. The minimum atomic E-state index is -1.69. The number of ether oxygens (including phenoxy) is 1. The monoisotopic (exact) mass is 462 g/mol. The molecule has 0 N–H and O–H groups in total. The maximum atomic E-state index is 12.5. The lowest BCUT2D eigenvalue weighted by molar-refractivity contribution is -0.154. The van der Waals surface area contributed by atoms with Gasteiger partial charge in [0.25, 0.3) is 0 Å². The third-order valence-electron chi connectivity index (χ3n) is 5.71. The number of hydrogen-bond donors (Lipinski definition) is 0. The van der Waals surface area contributed by atoms with Gasteiger partial charge in [0.2, 0.25) is 0 Å². The van der Waals surface area contributed by atoms with Crippen LogP contribution in [-0.4, -0.2) is 32.3 Å². The van der Waals surface area contributed by atoms with E-state index in [1.54, 1.807) is 0 Å². The van der Waals surface area contributed by atoms with Crippen molar-refractivity contribution in [2.45, 2.75) is 91.0 Å². The third kappa shape index (κ3) is 7.85. The van der Waals surface area contributed by atoms with Crippen molar-refractivity contribution in [1.82, 2.24) is 0 Å². The molecule has 0 unspecified atom stereocenters. The SMILES string of the molecule is CC(C)(C)OC(=O)CCC(=O)c1cc2cc(CCCO[Si](C)(C)C(C)(C)C)ccc2s1. The highest BCUT2D eigenvalue weighted by atomic mass is 32.1. The minimum Gasteiger partial charge on any atom is -0.460 e. The van der Waals surface area contributed by atoms with Crippen molar-refractivity contribution < 1.29 is 18.8 Å². The highest BCUT2D eigenvalue weighted by molar-refractivity contribution is 7.20. The maximum absolute atomic E-state index is 12.5. The van der Waals surface area contributed by atoms with Gasteiger partial charge in [0.1, 0.15) is 5.60 Å². The fourth-order valence-electron chi connectivity index (χ4n) is 2.94. The molecule has 2 aromatic rings. The molecule has 31 heavy (non-hydrogen) atoms. The Morgan fingerprint density at radius 1 is 1.00 bits per heavy atom. The Morgan fingerprint density at radius 2 is 1.68 bits per heavy atom. The van der Waals surface area contributed by atoms with Crippen LogP contribution in [0.4, 0.5) is 0 Å². The first-order valence-electron chi connectivity index (χ1n) is 11.1. The van der Waals surface area contributed by atoms with Crippen molar-refractivity contribution >= 4 is 41.5 Å². The van der Waals surface area contributed by atoms with Gasteiger partial charge in [-0.25, -0.2) is 0 Å². The molecule has 4 nitrogen and oxygen atoms in total. The van der Waals surface area contributed by atoms with Gasteiger partial charge in [-0.15, -0.1) is 11.3 Å². The maximum Gasteiger partial charge on any atom is 0.306 e. The molecule has 6 heteroatoms. The van der Waals surface area contributed by atoms with Gasteiger partial charge in [-0.05, 0) is 74.8 Å². The van der Waals surface area contributed by atoms with Gasteiger partial charge >= 0.3 is 5.97 Å². The smallest absolute Gasteiger partial charge is 0.306 e. The number of fused-ring (bicyclic) bond motifs is 1. The normalized spacial score (nSPS) is 12.9. The Balaban J connectivity index is 1.91. The predicted octanol–water partition coefficient (Wildman–Crippen LogP) is 7.16. The summed E-state index contributed by atoms with van der Waals surface area (Å²) in [7, 11) is -1.69. The standard InChI is InChI=1S/C25H38O4SSi/c1-24(2,3)29-23(27)14-12-20(26)22-17-19-16-18(11-13-21(19)30-22)10-9-15-28-31(7,8)25(4,5)6/h11,13,16-17H,9-10,12,14-15H2,1-8H3. The molecule has 0 aliphatic carbocycles. The van der Waals surface area contributed by atoms with Crippen molar-refractivity contribution in [2.24, 2.45) is 0 Å². The van der Waals surface area contributed by atoms with Gasteiger partial charge in [0, 0.05) is 17.7 Å². The summed E-state index contributed by atoms with van der Waals surface area (Å²) in [5, 5.41) is 1.32. The minimum absolute atomic E-state index is 0.00335.